The summed E-state index contributed by atoms with van der Waals surface area (Å²) in [6, 6.07) is 6.84. The summed E-state index contributed by atoms with van der Waals surface area (Å²) >= 11 is 5.32. The zero-order chi connectivity index (χ0) is 16.4. The molecule has 0 radical (unpaired) electrons. The molecule has 2 aromatic rings. The lowest BCUT2D eigenvalue weighted by Crippen LogP contribution is -2.46. The highest BCUT2D eigenvalue weighted by atomic mass is 79.9. The van der Waals surface area contributed by atoms with Crippen molar-refractivity contribution in [2.75, 3.05) is 31.1 Å². The molecule has 1 aromatic carbocycles. The van der Waals surface area contributed by atoms with Crippen LogP contribution >= 0.6 is 27.3 Å². The maximum Gasteiger partial charge on any atom is 0.159 e. The fourth-order valence-corrected chi connectivity index (χ4v) is 4.29. The molecule has 0 saturated carbocycles. The molecule has 0 aliphatic carbocycles. The number of nitrogens with zero attached hydrogens (tertiary/aromatic N) is 2. The van der Waals surface area contributed by atoms with E-state index < -0.39 is 0 Å². The van der Waals surface area contributed by atoms with Crippen molar-refractivity contribution in [2.45, 2.75) is 13.5 Å². The monoisotopic (exact) mass is 396 g/mol. The molecule has 3 nitrogen and oxygen atoms in total. The number of benzene rings is 1. The minimum atomic E-state index is -0.313. The summed E-state index contributed by atoms with van der Waals surface area (Å²) in [7, 11) is 0. The van der Waals surface area contributed by atoms with Gasteiger partial charge in [0.05, 0.1) is 5.69 Å². The van der Waals surface area contributed by atoms with Gasteiger partial charge in [0, 0.05) is 47.6 Å². The number of ketones is 1. The van der Waals surface area contributed by atoms with E-state index in [0.29, 0.717) is 11.3 Å². The Kier molecular flexibility index (Phi) is 5.14. The molecule has 23 heavy (non-hydrogen) atoms. The summed E-state index contributed by atoms with van der Waals surface area (Å²) in [6.45, 7) is 5.77. The van der Waals surface area contributed by atoms with Gasteiger partial charge >= 0.3 is 0 Å². The first-order chi connectivity index (χ1) is 11.0. The van der Waals surface area contributed by atoms with Crippen LogP contribution in [0.4, 0.5) is 10.1 Å². The van der Waals surface area contributed by atoms with Gasteiger partial charge in [-0.25, -0.2) is 4.39 Å². The van der Waals surface area contributed by atoms with Gasteiger partial charge in [-0.3, -0.25) is 9.69 Å². The van der Waals surface area contributed by atoms with Gasteiger partial charge in [0.2, 0.25) is 0 Å². The van der Waals surface area contributed by atoms with E-state index in [1.807, 2.05) is 0 Å². The zero-order valence-corrected chi connectivity index (χ0v) is 15.3. The molecular weight excluding hydrogens is 379 g/mol. The van der Waals surface area contributed by atoms with E-state index in [9.17, 15) is 9.18 Å². The highest BCUT2D eigenvalue weighted by Crippen LogP contribution is 2.26. The molecule has 122 valence electrons. The van der Waals surface area contributed by atoms with Gasteiger partial charge in [-0.15, -0.1) is 11.3 Å². The molecular formula is C17H18BrFN2OS. The molecule has 1 aromatic heterocycles. The van der Waals surface area contributed by atoms with Gasteiger partial charge in [-0.05, 0) is 52.5 Å². The number of carbonyl (C=O) groups is 1. The fraction of sp³-hybridized carbons (Fsp3) is 0.353. The summed E-state index contributed by atoms with van der Waals surface area (Å²) in [5, 5.41) is 2.08. The summed E-state index contributed by atoms with van der Waals surface area (Å²) in [4.78, 5) is 17.1. The number of Topliss-reactive ketones (excluding diaryl/α,β-unsaturated/α-hetero) is 1. The van der Waals surface area contributed by atoms with Crippen LogP contribution in [0.1, 0.15) is 22.2 Å². The topological polar surface area (TPSA) is 23.6 Å². The zero-order valence-electron chi connectivity index (χ0n) is 12.9. The highest BCUT2D eigenvalue weighted by Gasteiger charge is 2.20. The van der Waals surface area contributed by atoms with Crippen molar-refractivity contribution in [1.82, 2.24) is 4.90 Å². The van der Waals surface area contributed by atoms with Gasteiger partial charge < -0.3 is 4.90 Å². The minimum absolute atomic E-state index is 0.109. The third-order valence-electron chi connectivity index (χ3n) is 4.13. The molecule has 3 rings (SSSR count). The van der Waals surface area contributed by atoms with Crippen molar-refractivity contribution in [1.29, 1.82) is 0 Å². The molecule has 6 heteroatoms. The number of halogens is 2. The predicted octanol–water partition coefficient (Wildman–Crippen LogP) is 4.17. The number of rotatable bonds is 4. The fourth-order valence-electron chi connectivity index (χ4n) is 2.77. The Hall–Kier alpha value is -1.24. The molecule has 0 bridgehead atoms. The third-order valence-corrected chi connectivity index (χ3v) is 6.04. The number of hydrogen-bond acceptors (Lipinski definition) is 4. The number of anilines is 1. The van der Waals surface area contributed by atoms with Gasteiger partial charge in [0.15, 0.2) is 5.78 Å². The first kappa shape index (κ1) is 16.6. The lowest BCUT2D eigenvalue weighted by molar-refractivity contribution is 0.101. The lowest BCUT2D eigenvalue weighted by Gasteiger charge is -2.36. The molecule has 1 aliphatic rings. The molecule has 1 saturated heterocycles. The molecule has 0 unspecified atom stereocenters. The molecule has 0 N–H and O–H groups in total. The molecule has 1 aliphatic heterocycles. The van der Waals surface area contributed by atoms with Crippen LogP contribution in [-0.2, 0) is 6.54 Å². The number of carbonyl (C=O) groups excluding carboxylic acids is 1. The second-order valence-electron chi connectivity index (χ2n) is 5.68. The average molecular weight is 397 g/mol. The Labute approximate surface area is 147 Å². The summed E-state index contributed by atoms with van der Waals surface area (Å²) in [5.41, 5.74) is 1.01. The smallest absolute Gasteiger partial charge is 0.159 e. The summed E-state index contributed by atoms with van der Waals surface area (Å²) < 4.78 is 15.4. The van der Waals surface area contributed by atoms with Crippen LogP contribution in [0.3, 0.4) is 0 Å². The van der Waals surface area contributed by atoms with E-state index in [0.717, 1.165) is 37.2 Å². The van der Waals surface area contributed by atoms with E-state index in [1.54, 1.807) is 23.5 Å². The highest BCUT2D eigenvalue weighted by molar-refractivity contribution is 9.10. The van der Waals surface area contributed by atoms with Crippen LogP contribution in [-0.4, -0.2) is 36.9 Å². The summed E-state index contributed by atoms with van der Waals surface area (Å²) in [5.74, 6) is -0.422. The predicted molar refractivity (Wildman–Crippen MR) is 95.9 cm³/mol. The van der Waals surface area contributed by atoms with Gasteiger partial charge in [-0.1, -0.05) is 0 Å². The van der Waals surface area contributed by atoms with E-state index in [2.05, 4.69) is 37.2 Å². The van der Waals surface area contributed by atoms with E-state index in [4.69, 9.17) is 0 Å². The summed E-state index contributed by atoms with van der Waals surface area (Å²) in [6.07, 6.45) is 0. The number of thiophene rings is 1. The molecule has 0 spiro atoms. The van der Waals surface area contributed by atoms with Crippen LogP contribution in [0.5, 0.6) is 0 Å². The van der Waals surface area contributed by atoms with Crippen molar-refractivity contribution in [2.24, 2.45) is 0 Å². The van der Waals surface area contributed by atoms with E-state index in [-0.39, 0.29) is 11.6 Å². The Morgan fingerprint density at radius 1 is 1.26 bits per heavy atom. The van der Waals surface area contributed by atoms with Crippen LogP contribution < -0.4 is 4.90 Å². The van der Waals surface area contributed by atoms with Crippen LogP contribution in [0.15, 0.2) is 34.1 Å². The van der Waals surface area contributed by atoms with Crippen molar-refractivity contribution in [3.05, 3.63) is 50.4 Å². The number of hydrogen-bond donors (Lipinski definition) is 0. The maximum atomic E-state index is 14.2. The Bertz CT molecular complexity index is 710. The molecule has 1 fully saturated rings. The van der Waals surface area contributed by atoms with Crippen LogP contribution in [0.2, 0.25) is 0 Å². The van der Waals surface area contributed by atoms with Crippen molar-refractivity contribution in [3.8, 4) is 0 Å². The Morgan fingerprint density at radius 3 is 2.57 bits per heavy atom. The molecule has 2 heterocycles. The Morgan fingerprint density at radius 2 is 2.00 bits per heavy atom. The van der Waals surface area contributed by atoms with E-state index >= 15 is 0 Å². The van der Waals surface area contributed by atoms with Gasteiger partial charge in [0.25, 0.3) is 0 Å². The maximum absolute atomic E-state index is 14.2. The average Bonchev–Trinajstić information content (AvgIpc) is 2.93. The second-order valence-corrected chi connectivity index (χ2v) is 7.53. The largest absolute Gasteiger partial charge is 0.367 e. The van der Waals surface area contributed by atoms with Crippen molar-refractivity contribution in [3.63, 3.8) is 0 Å². The normalized spacial score (nSPS) is 15.9. The van der Waals surface area contributed by atoms with Crippen molar-refractivity contribution < 1.29 is 9.18 Å². The number of piperazine rings is 1. The lowest BCUT2D eigenvalue weighted by atomic mass is 10.1. The Balaban J connectivity index is 1.63. The first-order valence-electron chi connectivity index (χ1n) is 7.54. The third kappa shape index (κ3) is 3.82. The van der Waals surface area contributed by atoms with Gasteiger partial charge in [-0.2, -0.15) is 0 Å². The molecule has 0 atom stereocenters. The second kappa shape index (κ2) is 7.11. The van der Waals surface area contributed by atoms with Crippen molar-refractivity contribution >= 4 is 38.7 Å². The van der Waals surface area contributed by atoms with Crippen LogP contribution in [0.25, 0.3) is 0 Å². The minimum Gasteiger partial charge on any atom is -0.367 e. The quantitative estimate of drug-likeness (QED) is 0.724. The first-order valence-corrected chi connectivity index (χ1v) is 9.21. The van der Waals surface area contributed by atoms with Gasteiger partial charge in [0.1, 0.15) is 5.82 Å². The van der Waals surface area contributed by atoms with E-state index in [1.165, 1.54) is 17.9 Å². The molecule has 0 amide bonds. The standard InChI is InChI=1S/C17H18BrFN2OS/c1-12(22)13-2-3-16(15(19)10-13)21-7-5-20(6-8-21)11-17-14(18)4-9-23-17/h2-4,9-10H,5-8,11H2,1H3. The van der Waals surface area contributed by atoms with Crippen LogP contribution in [0, 0.1) is 5.82 Å². The SMILES string of the molecule is CC(=O)c1ccc(N2CCN(Cc3sccc3Br)CC2)c(F)c1.